The predicted octanol–water partition coefficient (Wildman–Crippen LogP) is 4.09. The van der Waals surface area contributed by atoms with E-state index < -0.39 is 0 Å². The van der Waals surface area contributed by atoms with Gasteiger partial charge in [-0.25, -0.2) is 15.8 Å². The number of amides is 1. The minimum atomic E-state index is -0.283. The van der Waals surface area contributed by atoms with Crippen molar-refractivity contribution in [2.24, 2.45) is 13.0 Å². The second-order valence-electron chi connectivity index (χ2n) is 9.78. The number of hydrogen-bond donors (Lipinski definition) is 3. The fraction of sp³-hybridized carbons (Fsp3) is 0.310. The maximum atomic E-state index is 13.3. The largest absolute Gasteiger partial charge is 0.497 e. The molecule has 3 unspecified atom stereocenters. The van der Waals surface area contributed by atoms with Gasteiger partial charge < -0.3 is 14.6 Å². The van der Waals surface area contributed by atoms with Crippen LogP contribution in [0.25, 0.3) is 11.0 Å². The van der Waals surface area contributed by atoms with Crippen molar-refractivity contribution < 1.29 is 9.53 Å². The molecule has 0 bridgehead atoms. The van der Waals surface area contributed by atoms with Gasteiger partial charge in [0.2, 0.25) is 5.91 Å². The lowest BCUT2D eigenvalue weighted by Gasteiger charge is -2.29. The number of rotatable bonds is 6. The second-order valence-corrected chi connectivity index (χ2v) is 9.78. The minimum Gasteiger partial charge on any atom is -0.497 e. The van der Waals surface area contributed by atoms with Gasteiger partial charge in [-0.05, 0) is 72.4 Å². The van der Waals surface area contributed by atoms with Crippen LogP contribution in [-0.4, -0.2) is 28.6 Å². The normalized spacial score (nSPS) is 20.7. The van der Waals surface area contributed by atoms with Gasteiger partial charge in [0.05, 0.1) is 24.2 Å². The molecule has 7 nitrogen and oxygen atoms in total. The predicted molar refractivity (Wildman–Crippen MR) is 141 cm³/mol. The molecule has 6 rings (SSSR count). The van der Waals surface area contributed by atoms with E-state index in [0.29, 0.717) is 0 Å². The lowest BCUT2D eigenvalue weighted by atomic mass is 9.77. The Morgan fingerprint density at radius 1 is 1.08 bits per heavy atom. The van der Waals surface area contributed by atoms with E-state index in [1.807, 2.05) is 36.4 Å². The maximum absolute atomic E-state index is 13.3. The zero-order chi connectivity index (χ0) is 24.6. The molecule has 2 aliphatic rings. The van der Waals surface area contributed by atoms with Crippen molar-refractivity contribution in [1.82, 2.24) is 20.4 Å². The van der Waals surface area contributed by atoms with Crippen molar-refractivity contribution >= 4 is 22.6 Å². The number of imidazole rings is 1. The molecule has 3 aromatic carbocycles. The lowest BCUT2D eigenvalue weighted by molar-refractivity contribution is -0.118. The molecule has 0 radical (unpaired) electrons. The molecule has 1 aliphatic carbocycles. The van der Waals surface area contributed by atoms with Crippen molar-refractivity contribution in [2.75, 3.05) is 12.4 Å². The maximum Gasteiger partial charge on any atom is 0.243 e. The summed E-state index contributed by atoms with van der Waals surface area (Å²) < 4.78 is 7.55. The van der Waals surface area contributed by atoms with Gasteiger partial charge in [0.1, 0.15) is 17.6 Å². The number of nitrogens with zero attached hydrogens (tertiary/aromatic N) is 2. The third kappa shape index (κ3) is 4.14. The van der Waals surface area contributed by atoms with Crippen LogP contribution >= 0.6 is 0 Å². The average molecular weight is 482 g/mol. The van der Waals surface area contributed by atoms with E-state index in [2.05, 4.69) is 58.1 Å². The summed E-state index contributed by atoms with van der Waals surface area (Å²) in [4.78, 5) is 18.1. The van der Waals surface area contributed by atoms with E-state index >= 15 is 0 Å². The van der Waals surface area contributed by atoms with Gasteiger partial charge in [-0.15, -0.1) is 0 Å². The van der Waals surface area contributed by atoms with Crippen LogP contribution in [0.2, 0.25) is 0 Å². The number of aryl methyl sites for hydroxylation is 4. The fourth-order valence-electron chi connectivity index (χ4n) is 5.74. The third-order valence-corrected chi connectivity index (χ3v) is 7.68. The molecule has 1 fully saturated rings. The van der Waals surface area contributed by atoms with Crippen LogP contribution in [0, 0.1) is 5.92 Å². The Balaban J connectivity index is 1.12. The Kier molecular flexibility index (Phi) is 5.95. The number of para-hydroxylation sites is 2. The zero-order valence-corrected chi connectivity index (χ0v) is 20.6. The topological polar surface area (TPSA) is 80.2 Å². The van der Waals surface area contributed by atoms with Crippen molar-refractivity contribution in [2.45, 2.75) is 37.8 Å². The number of methoxy groups -OCH3 is 1. The van der Waals surface area contributed by atoms with Crippen molar-refractivity contribution in [3.05, 3.63) is 89.2 Å². The summed E-state index contributed by atoms with van der Waals surface area (Å²) in [5, 5.41) is 3.15. The van der Waals surface area contributed by atoms with Crippen LogP contribution in [0.3, 0.4) is 0 Å². The molecule has 3 N–H and O–H groups in total. The van der Waals surface area contributed by atoms with Crippen molar-refractivity contribution in [3.63, 3.8) is 0 Å². The van der Waals surface area contributed by atoms with Gasteiger partial charge in [0.15, 0.2) is 0 Å². The molecule has 36 heavy (non-hydrogen) atoms. The zero-order valence-electron chi connectivity index (χ0n) is 20.6. The first-order chi connectivity index (χ1) is 17.6. The van der Waals surface area contributed by atoms with E-state index in [9.17, 15) is 4.79 Å². The summed E-state index contributed by atoms with van der Waals surface area (Å²) >= 11 is 0. The highest BCUT2D eigenvalue weighted by molar-refractivity contribution is 5.95. The number of nitrogens with one attached hydrogen (secondary N) is 3. The SMILES string of the molecule is COc1ccc2c(c1)CCC1C(C(=O)Nc3cccc(CCc4nc5ccccc5n4C)c3)NNC21. The molecular formula is C29H31N5O2. The van der Waals surface area contributed by atoms with E-state index in [1.165, 1.54) is 16.7 Å². The van der Waals surface area contributed by atoms with Crippen LogP contribution < -0.4 is 20.9 Å². The van der Waals surface area contributed by atoms with Gasteiger partial charge in [0, 0.05) is 25.1 Å². The van der Waals surface area contributed by atoms with E-state index in [0.717, 1.165) is 54.0 Å². The van der Waals surface area contributed by atoms with E-state index in [4.69, 9.17) is 9.72 Å². The number of anilines is 1. The number of carbonyl (C=O) groups is 1. The number of ether oxygens (including phenoxy) is 1. The van der Waals surface area contributed by atoms with Crippen molar-refractivity contribution in [1.29, 1.82) is 0 Å². The van der Waals surface area contributed by atoms with Gasteiger partial charge in [-0.1, -0.05) is 30.3 Å². The monoisotopic (exact) mass is 481 g/mol. The number of carbonyl (C=O) groups excluding carboxylic acids is 1. The van der Waals surface area contributed by atoms with Crippen LogP contribution in [-0.2, 0) is 31.1 Å². The highest BCUT2D eigenvalue weighted by Crippen LogP contribution is 2.40. The summed E-state index contributed by atoms with van der Waals surface area (Å²) in [6, 6.07) is 22.4. The van der Waals surface area contributed by atoms with Gasteiger partial charge in [-0.2, -0.15) is 0 Å². The Hall–Kier alpha value is -3.68. The highest BCUT2D eigenvalue weighted by Gasteiger charge is 2.43. The van der Waals surface area contributed by atoms with Crippen LogP contribution in [0.5, 0.6) is 5.75 Å². The molecule has 4 aromatic rings. The first-order valence-electron chi connectivity index (χ1n) is 12.6. The average Bonchev–Trinajstić information content (AvgIpc) is 3.49. The number of hydrogen-bond acceptors (Lipinski definition) is 5. The molecule has 0 spiro atoms. The van der Waals surface area contributed by atoms with Gasteiger partial charge in [-0.3, -0.25) is 4.79 Å². The minimum absolute atomic E-state index is 0.000498. The van der Waals surface area contributed by atoms with Crippen LogP contribution in [0.15, 0.2) is 66.7 Å². The number of aromatic nitrogens is 2. The molecule has 3 atom stereocenters. The molecule has 2 heterocycles. The van der Waals surface area contributed by atoms with E-state index in [-0.39, 0.29) is 23.9 Å². The molecule has 1 saturated heterocycles. The molecular weight excluding hydrogens is 450 g/mol. The Bertz CT molecular complexity index is 1430. The smallest absolute Gasteiger partial charge is 0.243 e. The first kappa shape index (κ1) is 22.8. The van der Waals surface area contributed by atoms with Crippen LogP contribution in [0.1, 0.15) is 35.0 Å². The summed E-state index contributed by atoms with van der Waals surface area (Å²) in [7, 11) is 3.76. The number of fused-ring (bicyclic) bond motifs is 4. The fourth-order valence-corrected chi connectivity index (χ4v) is 5.74. The Morgan fingerprint density at radius 3 is 2.83 bits per heavy atom. The van der Waals surface area contributed by atoms with Crippen LogP contribution in [0.4, 0.5) is 5.69 Å². The molecule has 1 aliphatic heterocycles. The molecule has 184 valence electrons. The highest BCUT2D eigenvalue weighted by atomic mass is 16.5. The summed E-state index contributed by atoms with van der Waals surface area (Å²) in [5.74, 6) is 2.14. The molecule has 7 heteroatoms. The molecule has 1 aromatic heterocycles. The second kappa shape index (κ2) is 9.41. The van der Waals surface area contributed by atoms with Crippen molar-refractivity contribution in [3.8, 4) is 5.75 Å². The van der Waals surface area contributed by atoms with Gasteiger partial charge >= 0.3 is 0 Å². The molecule has 1 amide bonds. The van der Waals surface area contributed by atoms with Gasteiger partial charge in [0.25, 0.3) is 0 Å². The Morgan fingerprint density at radius 2 is 1.97 bits per heavy atom. The summed E-state index contributed by atoms with van der Waals surface area (Å²) in [6.07, 6.45) is 3.58. The Labute approximate surface area is 210 Å². The first-order valence-corrected chi connectivity index (χ1v) is 12.6. The third-order valence-electron chi connectivity index (χ3n) is 7.68. The number of benzene rings is 3. The quantitative estimate of drug-likeness (QED) is 0.387. The summed E-state index contributed by atoms with van der Waals surface area (Å²) in [6.45, 7) is 0. The number of hydrazine groups is 1. The summed E-state index contributed by atoms with van der Waals surface area (Å²) in [5.41, 5.74) is 13.4. The molecule has 0 saturated carbocycles. The van der Waals surface area contributed by atoms with E-state index in [1.54, 1.807) is 7.11 Å². The lowest BCUT2D eigenvalue weighted by Crippen LogP contribution is -2.42. The standard InChI is InChI=1S/C29H31N5O2/c1-34-25-9-4-3-8-24(25)31-26(34)15-10-18-6-5-7-20(16-18)30-29(35)28-23-13-11-19-17-21(36-2)12-14-22(19)27(23)32-33-28/h3-9,12,14,16-17,23,27-28,32-33H,10-11,13,15H2,1-2H3,(H,30,35).